The number of pyridine rings is 1. The van der Waals surface area contributed by atoms with Crippen LogP contribution >= 0.6 is 27.3 Å². The van der Waals surface area contributed by atoms with Gasteiger partial charge >= 0.3 is 5.97 Å². The molecule has 0 aliphatic heterocycles. The molecule has 0 saturated heterocycles. The number of carbonyl (C=O) groups is 2. The highest BCUT2D eigenvalue weighted by molar-refractivity contribution is 9.10. The van der Waals surface area contributed by atoms with Crippen molar-refractivity contribution >= 4 is 44.1 Å². The van der Waals surface area contributed by atoms with Crippen molar-refractivity contribution in [3.8, 4) is 0 Å². The van der Waals surface area contributed by atoms with Crippen molar-refractivity contribution in [3.63, 3.8) is 0 Å². The van der Waals surface area contributed by atoms with Gasteiger partial charge < -0.3 is 10.4 Å². The summed E-state index contributed by atoms with van der Waals surface area (Å²) < 4.78 is 0.558. The number of nitrogens with one attached hydrogen (secondary N) is 1. The second-order valence-corrected chi connectivity index (χ2v) is 6.61. The number of anilines is 1. The van der Waals surface area contributed by atoms with Crippen molar-refractivity contribution in [2.24, 2.45) is 0 Å². The molecule has 0 spiro atoms. The number of aromatic nitrogens is 1. The van der Waals surface area contributed by atoms with Crippen molar-refractivity contribution < 1.29 is 14.7 Å². The highest BCUT2D eigenvalue weighted by atomic mass is 79.9. The molecule has 0 bridgehead atoms. The molecule has 0 aromatic carbocycles. The van der Waals surface area contributed by atoms with Crippen molar-refractivity contribution in [2.45, 2.75) is 19.3 Å². The Morgan fingerprint density at radius 3 is 2.90 bits per heavy atom. The predicted octanol–water partition coefficient (Wildman–Crippen LogP) is 3.34. The number of rotatable bonds is 3. The van der Waals surface area contributed by atoms with E-state index in [4.69, 9.17) is 0 Å². The summed E-state index contributed by atoms with van der Waals surface area (Å²) in [6, 6.07) is 3.18. The van der Waals surface area contributed by atoms with Gasteiger partial charge in [0.1, 0.15) is 9.60 Å². The number of thiophene rings is 1. The monoisotopic (exact) mass is 366 g/mol. The zero-order valence-corrected chi connectivity index (χ0v) is 13.3. The summed E-state index contributed by atoms with van der Waals surface area (Å²) in [5, 5.41) is 12.5. The van der Waals surface area contributed by atoms with Crippen LogP contribution in [0, 0.1) is 0 Å². The molecular weight excluding hydrogens is 356 g/mol. The lowest BCUT2D eigenvalue weighted by Crippen LogP contribution is -2.14. The molecule has 2 aromatic rings. The summed E-state index contributed by atoms with van der Waals surface area (Å²) >= 11 is 4.57. The molecule has 1 aliphatic carbocycles. The van der Waals surface area contributed by atoms with Gasteiger partial charge in [-0.1, -0.05) is 0 Å². The Bertz CT molecular complexity index is 742. The molecule has 2 aromatic heterocycles. The maximum absolute atomic E-state index is 12.2. The van der Waals surface area contributed by atoms with Gasteiger partial charge in [-0.25, -0.2) is 9.78 Å². The molecule has 0 saturated carbocycles. The molecular formula is C14H11BrN2O3S. The maximum Gasteiger partial charge on any atom is 0.339 e. The van der Waals surface area contributed by atoms with E-state index >= 15 is 0 Å². The average Bonchev–Trinajstić information content (AvgIpc) is 2.98. The molecule has 7 heteroatoms. The standard InChI is InChI=1S/C14H11BrN2O3S/c15-10-6-7(4-5-16-10)12(18)17-13-11(14(19)20)8-2-1-3-9(8)21-13/h4-6H,1-3H2,(H,17,18)(H,19,20). The molecule has 0 unspecified atom stereocenters. The second kappa shape index (κ2) is 5.57. The number of fused-ring (bicyclic) bond motifs is 1. The Hall–Kier alpha value is -1.73. The van der Waals surface area contributed by atoms with Crippen LogP contribution in [0.4, 0.5) is 5.00 Å². The molecule has 108 valence electrons. The van der Waals surface area contributed by atoms with Gasteiger partial charge in [0.2, 0.25) is 0 Å². The van der Waals surface area contributed by atoms with E-state index in [1.54, 1.807) is 12.1 Å². The van der Waals surface area contributed by atoms with Crippen LogP contribution in [0.5, 0.6) is 0 Å². The summed E-state index contributed by atoms with van der Waals surface area (Å²) in [5.41, 5.74) is 1.55. The Kier molecular flexibility index (Phi) is 3.77. The fraction of sp³-hybridized carbons (Fsp3) is 0.214. The normalized spacial score (nSPS) is 13.0. The summed E-state index contributed by atoms with van der Waals surface area (Å²) in [6.45, 7) is 0. The minimum atomic E-state index is -0.986. The SMILES string of the molecule is O=C(Nc1sc2c(c1C(=O)O)CCC2)c1ccnc(Br)c1. The summed E-state index contributed by atoms with van der Waals surface area (Å²) in [4.78, 5) is 28.7. The lowest BCUT2D eigenvalue weighted by Gasteiger charge is -2.05. The third kappa shape index (κ3) is 2.71. The van der Waals surface area contributed by atoms with Gasteiger partial charge in [0.25, 0.3) is 5.91 Å². The molecule has 1 aliphatic rings. The Morgan fingerprint density at radius 1 is 1.38 bits per heavy atom. The molecule has 21 heavy (non-hydrogen) atoms. The number of aryl methyl sites for hydroxylation is 1. The van der Waals surface area contributed by atoms with Crippen molar-refractivity contribution in [3.05, 3.63) is 44.5 Å². The number of hydrogen-bond acceptors (Lipinski definition) is 4. The molecule has 2 heterocycles. The molecule has 3 rings (SSSR count). The van der Waals surface area contributed by atoms with Crippen LogP contribution in [0.1, 0.15) is 37.6 Å². The van der Waals surface area contributed by atoms with Gasteiger partial charge in [-0.05, 0) is 52.9 Å². The minimum Gasteiger partial charge on any atom is -0.478 e. The fourth-order valence-corrected chi connectivity index (χ4v) is 4.08. The van der Waals surface area contributed by atoms with Crippen molar-refractivity contribution in [1.29, 1.82) is 0 Å². The van der Waals surface area contributed by atoms with Gasteiger partial charge in [0.05, 0.1) is 5.56 Å². The molecule has 1 amide bonds. The lowest BCUT2D eigenvalue weighted by molar-refractivity contribution is 0.0697. The third-order valence-corrected chi connectivity index (χ3v) is 4.99. The van der Waals surface area contributed by atoms with Gasteiger partial charge in [-0.3, -0.25) is 4.79 Å². The van der Waals surface area contributed by atoms with Gasteiger partial charge in [0, 0.05) is 16.6 Å². The van der Waals surface area contributed by atoms with E-state index in [9.17, 15) is 14.7 Å². The Morgan fingerprint density at radius 2 is 2.19 bits per heavy atom. The molecule has 0 fully saturated rings. The number of carboxylic acid groups (broad SMARTS) is 1. The van der Waals surface area contributed by atoms with Crippen LogP contribution in [-0.2, 0) is 12.8 Å². The first-order chi connectivity index (χ1) is 10.1. The zero-order valence-electron chi connectivity index (χ0n) is 10.9. The minimum absolute atomic E-state index is 0.244. The van der Waals surface area contributed by atoms with E-state index in [-0.39, 0.29) is 11.5 Å². The largest absolute Gasteiger partial charge is 0.478 e. The van der Waals surface area contributed by atoms with Crippen LogP contribution in [0.25, 0.3) is 0 Å². The third-order valence-electron chi connectivity index (χ3n) is 3.35. The maximum atomic E-state index is 12.2. The number of carboxylic acids is 1. The number of halogens is 1. The summed E-state index contributed by atoms with van der Waals surface area (Å²) in [7, 11) is 0. The number of hydrogen-bond donors (Lipinski definition) is 2. The quantitative estimate of drug-likeness (QED) is 0.816. The first kappa shape index (κ1) is 14.2. The smallest absolute Gasteiger partial charge is 0.339 e. The van der Waals surface area contributed by atoms with Crippen molar-refractivity contribution in [1.82, 2.24) is 4.98 Å². The number of amides is 1. The van der Waals surface area contributed by atoms with Crippen LogP contribution in [0.2, 0.25) is 0 Å². The van der Waals surface area contributed by atoms with E-state index < -0.39 is 5.97 Å². The molecule has 0 radical (unpaired) electrons. The van der Waals surface area contributed by atoms with Gasteiger partial charge in [0.15, 0.2) is 0 Å². The predicted molar refractivity (Wildman–Crippen MR) is 83.2 cm³/mol. The Balaban J connectivity index is 1.92. The van der Waals surface area contributed by atoms with E-state index in [0.29, 0.717) is 15.2 Å². The van der Waals surface area contributed by atoms with Crippen LogP contribution < -0.4 is 5.32 Å². The average molecular weight is 367 g/mol. The number of carbonyl (C=O) groups excluding carboxylic acids is 1. The van der Waals surface area contributed by atoms with E-state index in [1.165, 1.54) is 17.5 Å². The summed E-state index contributed by atoms with van der Waals surface area (Å²) in [5.74, 6) is -1.32. The van der Waals surface area contributed by atoms with Crippen LogP contribution in [-0.4, -0.2) is 22.0 Å². The molecule has 2 N–H and O–H groups in total. The zero-order chi connectivity index (χ0) is 15.0. The molecule has 0 atom stereocenters. The number of aromatic carboxylic acids is 1. The highest BCUT2D eigenvalue weighted by Crippen LogP contribution is 2.39. The lowest BCUT2D eigenvalue weighted by atomic mass is 10.1. The van der Waals surface area contributed by atoms with Gasteiger partial charge in [-0.15, -0.1) is 11.3 Å². The number of nitrogens with zero attached hydrogens (tertiary/aromatic N) is 1. The first-order valence-corrected chi connectivity index (χ1v) is 7.98. The summed E-state index contributed by atoms with van der Waals surface area (Å²) in [6.07, 6.45) is 4.15. The van der Waals surface area contributed by atoms with Crippen LogP contribution in [0.3, 0.4) is 0 Å². The van der Waals surface area contributed by atoms with Crippen LogP contribution in [0.15, 0.2) is 22.9 Å². The fourth-order valence-electron chi connectivity index (χ4n) is 2.44. The second-order valence-electron chi connectivity index (χ2n) is 4.69. The van der Waals surface area contributed by atoms with E-state index in [0.717, 1.165) is 29.7 Å². The topological polar surface area (TPSA) is 79.3 Å². The van der Waals surface area contributed by atoms with E-state index in [1.807, 2.05) is 0 Å². The Labute approximate surface area is 133 Å². The highest BCUT2D eigenvalue weighted by Gasteiger charge is 2.27. The first-order valence-electron chi connectivity index (χ1n) is 6.37. The van der Waals surface area contributed by atoms with Crippen molar-refractivity contribution in [2.75, 3.05) is 5.32 Å². The van der Waals surface area contributed by atoms with Gasteiger partial charge in [-0.2, -0.15) is 0 Å². The molecule has 5 nitrogen and oxygen atoms in total. The van der Waals surface area contributed by atoms with E-state index in [2.05, 4.69) is 26.2 Å².